The van der Waals surface area contributed by atoms with Crippen molar-refractivity contribution in [2.75, 3.05) is 12.3 Å². The van der Waals surface area contributed by atoms with E-state index in [0.29, 0.717) is 12.1 Å². The van der Waals surface area contributed by atoms with Crippen molar-refractivity contribution in [3.63, 3.8) is 0 Å². The molecule has 0 bridgehead atoms. The maximum Gasteiger partial charge on any atom is 0.244 e. The topological polar surface area (TPSA) is 75.3 Å². The Hall–Kier alpha value is -1.81. The van der Waals surface area contributed by atoms with Crippen molar-refractivity contribution in [3.8, 4) is 0 Å². The average molecular weight is 234 g/mol. The molecule has 0 aliphatic carbocycles. The number of benzene rings is 1. The lowest BCUT2D eigenvalue weighted by Crippen LogP contribution is -2.35. The zero-order chi connectivity index (χ0) is 12.7. The number of rotatable bonds is 5. The Morgan fingerprint density at radius 3 is 2.65 bits per heavy atom. The van der Waals surface area contributed by atoms with Crippen LogP contribution in [0.15, 0.2) is 30.3 Å². The van der Waals surface area contributed by atoms with Crippen LogP contribution in [0.25, 0.3) is 6.08 Å². The van der Waals surface area contributed by atoms with E-state index >= 15 is 0 Å². The number of amides is 1. The van der Waals surface area contributed by atoms with Gasteiger partial charge in [0.15, 0.2) is 0 Å². The highest BCUT2D eigenvalue weighted by Gasteiger charge is 2.05. The molecule has 1 rings (SSSR count). The molecule has 4 heteroatoms. The Labute approximate surface area is 101 Å². The molecule has 1 amide bonds. The highest BCUT2D eigenvalue weighted by atomic mass is 16.3. The van der Waals surface area contributed by atoms with Crippen LogP contribution >= 0.6 is 0 Å². The van der Waals surface area contributed by atoms with Crippen LogP contribution in [0.4, 0.5) is 5.69 Å². The number of aliphatic hydroxyl groups is 1. The summed E-state index contributed by atoms with van der Waals surface area (Å²) in [7, 11) is 0. The maximum absolute atomic E-state index is 11.5. The fourth-order valence-electron chi connectivity index (χ4n) is 1.31. The molecule has 1 aromatic rings. The summed E-state index contributed by atoms with van der Waals surface area (Å²) in [6.07, 6.45) is 3.86. The summed E-state index contributed by atoms with van der Waals surface area (Å²) in [5, 5.41) is 11.6. The average Bonchev–Trinajstić information content (AvgIpc) is 2.35. The molecule has 0 aliphatic heterocycles. The molecule has 1 atom stereocenters. The van der Waals surface area contributed by atoms with E-state index in [0.717, 1.165) is 5.56 Å². The SMILES string of the molecule is CC[C@H](CO)NC(=O)/C=C/c1ccc(N)cc1. The molecule has 0 saturated heterocycles. The van der Waals surface area contributed by atoms with E-state index in [1.807, 2.05) is 19.1 Å². The Kier molecular flexibility index (Phi) is 5.23. The Bertz CT molecular complexity index is 381. The van der Waals surface area contributed by atoms with Crippen LogP contribution in [0.5, 0.6) is 0 Å². The third-order valence-electron chi connectivity index (χ3n) is 2.42. The summed E-state index contributed by atoms with van der Waals surface area (Å²) < 4.78 is 0. The molecule has 4 nitrogen and oxygen atoms in total. The highest BCUT2D eigenvalue weighted by molar-refractivity contribution is 5.91. The van der Waals surface area contributed by atoms with Crippen LogP contribution in [0.2, 0.25) is 0 Å². The van der Waals surface area contributed by atoms with Crippen molar-refractivity contribution in [1.82, 2.24) is 5.32 Å². The lowest BCUT2D eigenvalue weighted by Gasteiger charge is -2.11. The predicted molar refractivity (Wildman–Crippen MR) is 69.2 cm³/mol. The first-order valence-electron chi connectivity index (χ1n) is 5.60. The van der Waals surface area contributed by atoms with Gasteiger partial charge in [0, 0.05) is 11.8 Å². The van der Waals surface area contributed by atoms with Gasteiger partial charge in [-0.25, -0.2) is 0 Å². The van der Waals surface area contributed by atoms with E-state index in [2.05, 4.69) is 5.32 Å². The summed E-state index contributed by atoms with van der Waals surface area (Å²) in [6, 6.07) is 7.05. The van der Waals surface area contributed by atoms with E-state index in [9.17, 15) is 4.79 Å². The van der Waals surface area contributed by atoms with Crippen LogP contribution in [-0.2, 0) is 4.79 Å². The quantitative estimate of drug-likeness (QED) is 0.529. The van der Waals surface area contributed by atoms with Crippen molar-refractivity contribution in [2.24, 2.45) is 0 Å². The van der Waals surface area contributed by atoms with E-state index in [1.54, 1.807) is 18.2 Å². The minimum atomic E-state index is -0.206. The van der Waals surface area contributed by atoms with Gasteiger partial charge >= 0.3 is 0 Å². The molecular formula is C13H18N2O2. The predicted octanol–water partition coefficient (Wildman–Crippen LogP) is 1.17. The van der Waals surface area contributed by atoms with Crippen molar-refractivity contribution in [1.29, 1.82) is 0 Å². The Morgan fingerprint density at radius 2 is 2.12 bits per heavy atom. The molecule has 0 saturated carbocycles. The second-order valence-corrected chi connectivity index (χ2v) is 3.80. The normalized spacial score (nSPS) is 12.6. The molecular weight excluding hydrogens is 216 g/mol. The first kappa shape index (κ1) is 13.3. The van der Waals surface area contributed by atoms with Crippen LogP contribution in [0.1, 0.15) is 18.9 Å². The Balaban J connectivity index is 2.53. The fourth-order valence-corrected chi connectivity index (χ4v) is 1.31. The van der Waals surface area contributed by atoms with Gasteiger partial charge < -0.3 is 16.2 Å². The van der Waals surface area contributed by atoms with Gasteiger partial charge in [0.1, 0.15) is 0 Å². The van der Waals surface area contributed by atoms with E-state index < -0.39 is 0 Å². The fraction of sp³-hybridized carbons (Fsp3) is 0.308. The standard InChI is InChI=1S/C13H18N2O2/c1-2-12(9-16)15-13(17)8-5-10-3-6-11(14)7-4-10/h3-8,12,16H,2,9,14H2,1H3,(H,15,17)/b8-5+/t12-/m1/s1. The highest BCUT2D eigenvalue weighted by Crippen LogP contribution is 2.06. The van der Waals surface area contributed by atoms with E-state index in [-0.39, 0.29) is 18.6 Å². The van der Waals surface area contributed by atoms with Crippen molar-refractivity contribution >= 4 is 17.7 Å². The van der Waals surface area contributed by atoms with Crippen molar-refractivity contribution in [2.45, 2.75) is 19.4 Å². The first-order valence-corrected chi connectivity index (χ1v) is 5.60. The molecule has 0 radical (unpaired) electrons. The lowest BCUT2D eigenvalue weighted by molar-refractivity contribution is -0.117. The molecule has 1 aromatic carbocycles. The summed E-state index contributed by atoms with van der Waals surface area (Å²) in [6.45, 7) is 1.86. The number of hydrogen-bond donors (Lipinski definition) is 3. The number of carbonyl (C=O) groups is 1. The molecule has 0 aliphatic rings. The van der Waals surface area contributed by atoms with Crippen LogP contribution in [0, 0.1) is 0 Å². The summed E-state index contributed by atoms with van der Waals surface area (Å²) >= 11 is 0. The van der Waals surface area contributed by atoms with Crippen LogP contribution < -0.4 is 11.1 Å². The molecule has 4 N–H and O–H groups in total. The van der Waals surface area contributed by atoms with Gasteiger partial charge in [-0.05, 0) is 30.2 Å². The molecule has 0 unspecified atom stereocenters. The summed E-state index contributed by atoms with van der Waals surface area (Å²) in [5.41, 5.74) is 7.15. The molecule has 0 spiro atoms. The summed E-state index contributed by atoms with van der Waals surface area (Å²) in [4.78, 5) is 11.5. The molecule has 92 valence electrons. The zero-order valence-corrected chi connectivity index (χ0v) is 9.89. The number of anilines is 1. The van der Waals surface area contributed by atoms with Crippen molar-refractivity contribution < 1.29 is 9.90 Å². The number of nitrogens with one attached hydrogen (secondary N) is 1. The zero-order valence-electron chi connectivity index (χ0n) is 9.89. The second-order valence-electron chi connectivity index (χ2n) is 3.80. The van der Waals surface area contributed by atoms with Gasteiger partial charge in [0.25, 0.3) is 0 Å². The largest absolute Gasteiger partial charge is 0.399 e. The van der Waals surface area contributed by atoms with Gasteiger partial charge in [0.2, 0.25) is 5.91 Å². The first-order chi connectivity index (χ1) is 8.15. The van der Waals surface area contributed by atoms with Crippen molar-refractivity contribution in [3.05, 3.63) is 35.9 Å². The minimum absolute atomic E-state index is 0.0437. The third kappa shape index (κ3) is 4.70. The van der Waals surface area contributed by atoms with E-state index in [4.69, 9.17) is 10.8 Å². The third-order valence-corrected chi connectivity index (χ3v) is 2.42. The molecule has 17 heavy (non-hydrogen) atoms. The van der Waals surface area contributed by atoms with Crippen LogP contribution in [-0.4, -0.2) is 23.7 Å². The number of carbonyl (C=O) groups excluding carboxylic acids is 1. The lowest BCUT2D eigenvalue weighted by atomic mass is 10.2. The number of nitrogens with two attached hydrogens (primary N) is 1. The smallest absolute Gasteiger partial charge is 0.244 e. The van der Waals surface area contributed by atoms with Gasteiger partial charge in [0.05, 0.1) is 12.6 Å². The molecule has 0 aromatic heterocycles. The van der Waals surface area contributed by atoms with E-state index in [1.165, 1.54) is 6.08 Å². The Morgan fingerprint density at radius 1 is 1.47 bits per heavy atom. The van der Waals surface area contributed by atoms with Gasteiger partial charge in [-0.2, -0.15) is 0 Å². The maximum atomic E-state index is 11.5. The van der Waals surface area contributed by atoms with Gasteiger partial charge in [-0.3, -0.25) is 4.79 Å². The van der Waals surface area contributed by atoms with Crippen LogP contribution in [0.3, 0.4) is 0 Å². The number of aliphatic hydroxyl groups excluding tert-OH is 1. The monoisotopic (exact) mass is 234 g/mol. The number of hydrogen-bond acceptors (Lipinski definition) is 3. The summed E-state index contributed by atoms with van der Waals surface area (Å²) in [5.74, 6) is -0.206. The second kappa shape index (κ2) is 6.70. The molecule has 0 fully saturated rings. The van der Waals surface area contributed by atoms with Gasteiger partial charge in [-0.1, -0.05) is 19.1 Å². The van der Waals surface area contributed by atoms with Gasteiger partial charge in [-0.15, -0.1) is 0 Å². The minimum Gasteiger partial charge on any atom is -0.399 e. The molecule has 0 heterocycles. The number of nitrogen functional groups attached to an aromatic ring is 1.